The fourth-order valence-electron chi connectivity index (χ4n) is 3.34. The van der Waals surface area contributed by atoms with Gasteiger partial charge in [-0.3, -0.25) is 4.79 Å². The molecule has 1 fully saturated rings. The van der Waals surface area contributed by atoms with E-state index in [1.165, 1.54) is 17.1 Å². The highest BCUT2D eigenvalue weighted by molar-refractivity contribution is 8.19. The Morgan fingerprint density at radius 2 is 1.93 bits per heavy atom. The van der Waals surface area contributed by atoms with Gasteiger partial charge in [-0.05, 0) is 49.7 Å². The number of nitrogens with zero attached hydrogens (tertiary/aromatic N) is 2. The van der Waals surface area contributed by atoms with Crippen LogP contribution in [-0.4, -0.2) is 27.0 Å². The summed E-state index contributed by atoms with van der Waals surface area (Å²) in [7, 11) is 0. The fraction of sp³-hybridized carbons (Fsp3) is 0.238. The topological polar surface area (TPSA) is 46.9 Å². The number of anilines is 1. The Kier molecular flexibility index (Phi) is 5.27. The predicted octanol–water partition coefficient (Wildman–Crippen LogP) is 5.22. The molecular formula is C21H21N3OS2. The van der Waals surface area contributed by atoms with Crippen molar-refractivity contribution in [3.05, 3.63) is 77.2 Å². The molecule has 1 aromatic carbocycles. The van der Waals surface area contributed by atoms with E-state index in [0.29, 0.717) is 10.1 Å². The molecule has 1 aliphatic heterocycles. The highest BCUT2D eigenvalue weighted by Gasteiger charge is 2.20. The number of aromatic nitrogens is 2. The molecule has 4 rings (SSSR count). The SMILES string of the molecule is Cc1cc(C(=O)Nc2cccc(C3SCCS3)c2)c(C)n1-c1ccccn1. The number of benzene rings is 1. The van der Waals surface area contributed by atoms with E-state index in [-0.39, 0.29) is 5.91 Å². The number of nitrogens with one attached hydrogen (secondary N) is 1. The van der Waals surface area contributed by atoms with Crippen molar-refractivity contribution in [1.29, 1.82) is 0 Å². The van der Waals surface area contributed by atoms with Gasteiger partial charge in [0.25, 0.3) is 5.91 Å². The second kappa shape index (κ2) is 7.82. The first-order valence-electron chi connectivity index (χ1n) is 8.88. The molecule has 3 aromatic rings. The molecule has 0 saturated carbocycles. The summed E-state index contributed by atoms with van der Waals surface area (Å²) in [6.07, 6.45) is 1.76. The normalized spacial score (nSPS) is 14.4. The molecule has 0 radical (unpaired) electrons. The third kappa shape index (κ3) is 3.77. The van der Waals surface area contributed by atoms with Crippen LogP contribution >= 0.6 is 23.5 Å². The van der Waals surface area contributed by atoms with Crippen molar-refractivity contribution >= 4 is 35.1 Å². The van der Waals surface area contributed by atoms with Crippen LogP contribution in [0.25, 0.3) is 5.82 Å². The summed E-state index contributed by atoms with van der Waals surface area (Å²) in [4.78, 5) is 17.3. The van der Waals surface area contributed by atoms with Crippen molar-refractivity contribution < 1.29 is 4.79 Å². The second-order valence-electron chi connectivity index (χ2n) is 6.46. The number of carbonyl (C=O) groups excluding carboxylic acids is 1. The first kappa shape index (κ1) is 18.2. The highest BCUT2D eigenvalue weighted by atomic mass is 32.2. The average molecular weight is 396 g/mol. The van der Waals surface area contributed by atoms with Crippen molar-refractivity contribution in [1.82, 2.24) is 9.55 Å². The van der Waals surface area contributed by atoms with Crippen LogP contribution in [0, 0.1) is 13.8 Å². The summed E-state index contributed by atoms with van der Waals surface area (Å²) in [5.41, 5.74) is 4.66. The van der Waals surface area contributed by atoms with E-state index in [0.717, 1.165) is 22.9 Å². The van der Waals surface area contributed by atoms with Gasteiger partial charge in [0, 0.05) is 34.8 Å². The highest BCUT2D eigenvalue weighted by Crippen LogP contribution is 2.45. The number of carbonyl (C=O) groups is 1. The summed E-state index contributed by atoms with van der Waals surface area (Å²) in [6, 6.07) is 15.9. The molecule has 0 unspecified atom stereocenters. The van der Waals surface area contributed by atoms with E-state index in [4.69, 9.17) is 0 Å². The molecule has 0 bridgehead atoms. The van der Waals surface area contributed by atoms with Crippen molar-refractivity contribution in [3.8, 4) is 5.82 Å². The lowest BCUT2D eigenvalue weighted by molar-refractivity contribution is 0.102. The van der Waals surface area contributed by atoms with Crippen LogP contribution < -0.4 is 5.32 Å². The number of hydrogen-bond donors (Lipinski definition) is 1. The van der Waals surface area contributed by atoms with E-state index in [1.807, 2.05) is 78.3 Å². The number of rotatable bonds is 4. The summed E-state index contributed by atoms with van der Waals surface area (Å²) in [5.74, 6) is 3.11. The first-order chi connectivity index (χ1) is 13.1. The van der Waals surface area contributed by atoms with Gasteiger partial charge in [-0.15, -0.1) is 23.5 Å². The molecular weight excluding hydrogens is 374 g/mol. The molecule has 6 heteroatoms. The minimum absolute atomic E-state index is 0.0887. The molecule has 0 aliphatic carbocycles. The molecule has 1 aliphatic rings. The molecule has 138 valence electrons. The predicted molar refractivity (Wildman–Crippen MR) is 115 cm³/mol. The summed E-state index contributed by atoms with van der Waals surface area (Å²) < 4.78 is 2.48. The van der Waals surface area contributed by atoms with Crippen LogP contribution in [0.5, 0.6) is 0 Å². The molecule has 1 amide bonds. The van der Waals surface area contributed by atoms with E-state index < -0.39 is 0 Å². The molecule has 27 heavy (non-hydrogen) atoms. The zero-order chi connectivity index (χ0) is 18.8. The summed E-state index contributed by atoms with van der Waals surface area (Å²) in [5, 5.41) is 3.06. The molecule has 3 heterocycles. The van der Waals surface area contributed by atoms with Gasteiger partial charge in [-0.1, -0.05) is 18.2 Å². The fourth-order valence-corrected chi connectivity index (χ4v) is 6.18. The Morgan fingerprint density at radius 3 is 2.67 bits per heavy atom. The average Bonchev–Trinajstić information content (AvgIpc) is 3.31. The van der Waals surface area contributed by atoms with Crippen LogP contribution in [0.3, 0.4) is 0 Å². The maximum atomic E-state index is 12.9. The van der Waals surface area contributed by atoms with Crippen LogP contribution in [0.4, 0.5) is 5.69 Å². The molecule has 0 spiro atoms. The van der Waals surface area contributed by atoms with Gasteiger partial charge < -0.3 is 9.88 Å². The minimum atomic E-state index is -0.0887. The third-order valence-electron chi connectivity index (χ3n) is 4.59. The summed E-state index contributed by atoms with van der Waals surface area (Å²) >= 11 is 3.93. The third-order valence-corrected chi connectivity index (χ3v) is 7.70. The van der Waals surface area contributed by atoms with Gasteiger partial charge in [0.15, 0.2) is 0 Å². The molecule has 4 nitrogen and oxygen atoms in total. The van der Waals surface area contributed by atoms with Crippen LogP contribution in [0.1, 0.15) is 31.9 Å². The quantitative estimate of drug-likeness (QED) is 0.658. The Hall–Kier alpha value is -2.18. The maximum absolute atomic E-state index is 12.9. The molecule has 2 aromatic heterocycles. The summed E-state index contributed by atoms with van der Waals surface area (Å²) in [6.45, 7) is 3.95. The van der Waals surface area contributed by atoms with Crippen LogP contribution in [0.15, 0.2) is 54.7 Å². The number of amides is 1. The maximum Gasteiger partial charge on any atom is 0.257 e. The van der Waals surface area contributed by atoms with Gasteiger partial charge in [-0.2, -0.15) is 0 Å². The van der Waals surface area contributed by atoms with Gasteiger partial charge in [0.05, 0.1) is 10.1 Å². The molecule has 1 saturated heterocycles. The first-order valence-corrected chi connectivity index (χ1v) is 11.0. The van der Waals surface area contributed by atoms with Crippen molar-refractivity contribution in [3.63, 3.8) is 0 Å². The lowest BCUT2D eigenvalue weighted by atomic mass is 10.2. The monoisotopic (exact) mass is 395 g/mol. The van der Waals surface area contributed by atoms with Crippen LogP contribution in [0.2, 0.25) is 0 Å². The molecule has 1 N–H and O–H groups in total. The Morgan fingerprint density at radius 1 is 1.11 bits per heavy atom. The molecule has 0 atom stereocenters. The lowest BCUT2D eigenvalue weighted by Gasteiger charge is -2.11. The van der Waals surface area contributed by atoms with E-state index in [1.54, 1.807) is 6.20 Å². The smallest absolute Gasteiger partial charge is 0.257 e. The Labute approximate surface area is 167 Å². The van der Waals surface area contributed by atoms with Crippen molar-refractivity contribution in [2.24, 2.45) is 0 Å². The van der Waals surface area contributed by atoms with E-state index in [9.17, 15) is 4.79 Å². The number of hydrogen-bond acceptors (Lipinski definition) is 4. The zero-order valence-corrected chi connectivity index (χ0v) is 16.9. The Bertz CT molecular complexity index is 963. The second-order valence-corrected chi connectivity index (χ2v) is 9.19. The van der Waals surface area contributed by atoms with Crippen molar-refractivity contribution in [2.45, 2.75) is 18.4 Å². The van der Waals surface area contributed by atoms with E-state index in [2.05, 4.69) is 22.4 Å². The zero-order valence-electron chi connectivity index (χ0n) is 15.3. The van der Waals surface area contributed by atoms with Gasteiger partial charge >= 0.3 is 0 Å². The number of aryl methyl sites for hydroxylation is 1. The van der Waals surface area contributed by atoms with Gasteiger partial charge in [-0.25, -0.2) is 4.98 Å². The Balaban J connectivity index is 1.58. The van der Waals surface area contributed by atoms with Gasteiger partial charge in [0.1, 0.15) is 5.82 Å². The standard InChI is InChI=1S/C21H21N3OS2/c1-14-12-18(15(2)24(14)19-8-3-4-9-22-19)20(25)23-17-7-5-6-16(13-17)21-26-10-11-27-21/h3-9,12-13,21H,10-11H2,1-2H3,(H,23,25). The number of pyridine rings is 1. The minimum Gasteiger partial charge on any atom is -0.322 e. The van der Waals surface area contributed by atoms with Crippen molar-refractivity contribution in [2.75, 3.05) is 16.8 Å². The van der Waals surface area contributed by atoms with Crippen LogP contribution in [-0.2, 0) is 0 Å². The number of thioether (sulfide) groups is 2. The largest absolute Gasteiger partial charge is 0.322 e. The van der Waals surface area contributed by atoms with Gasteiger partial charge in [0.2, 0.25) is 0 Å². The lowest BCUT2D eigenvalue weighted by Crippen LogP contribution is -2.13. The van der Waals surface area contributed by atoms with E-state index >= 15 is 0 Å².